The Labute approximate surface area is 109 Å². The minimum Gasteiger partial charge on any atom is -0.349 e. The molecule has 0 heterocycles. The molecule has 0 bridgehead atoms. The molecule has 92 valence electrons. The molecule has 1 aliphatic rings. The smallest absolute Gasteiger partial charge is 0.254 e. The summed E-state index contributed by atoms with van der Waals surface area (Å²) in [5.41, 5.74) is 0.986. The highest BCUT2D eigenvalue weighted by atomic mass is 79.9. The summed E-state index contributed by atoms with van der Waals surface area (Å²) >= 11 is 3.26. The number of amides is 1. The van der Waals surface area contributed by atoms with Gasteiger partial charge in [-0.05, 0) is 37.0 Å². The lowest BCUT2D eigenvalue weighted by molar-refractivity contribution is 0.0946. The maximum atomic E-state index is 13.9. The molecule has 1 fully saturated rings. The van der Waals surface area contributed by atoms with E-state index in [1.807, 2.05) is 13.0 Å². The highest BCUT2D eigenvalue weighted by Gasteiger charge is 2.26. The predicted octanol–water partition coefficient (Wildman–Crippen LogP) is 3.43. The first-order valence-electron chi connectivity index (χ1n) is 5.90. The fraction of sp³-hybridized carbons (Fsp3) is 0.462. The SMILES string of the molecule is CCCc1cc(Br)cc(F)c1C(=O)NC1CC1. The Kier molecular flexibility index (Phi) is 3.82. The van der Waals surface area contributed by atoms with Crippen molar-refractivity contribution < 1.29 is 9.18 Å². The van der Waals surface area contributed by atoms with Gasteiger partial charge >= 0.3 is 0 Å². The van der Waals surface area contributed by atoms with Gasteiger partial charge in [-0.1, -0.05) is 29.3 Å². The number of carbonyl (C=O) groups is 1. The van der Waals surface area contributed by atoms with Crippen LogP contribution < -0.4 is 5.32 Å². The topological polar surface area (TPSA) is 29.1 Å². The van der Waals surface area contributed by atoms with Gasteiger partial charge in [-0.25, -0.2) is 4.39 Å². The Balaban J connectivity index is 2.31. The average molecular weight is 300 g/mol. The fourth-order valence-electron chi connectivity index (χ4n) is 1.83. The van der Waals surface area contributed by atoms with Crippen molar-refractivity contribution in [2.24, 2.45) is 0 Å². The second-order valence-electron chi connectivity index (χ2n) is 4.42. The molecule has 0 radical (unpaired) electrons. The molecule has 2 nitrogen and oxygen atoms in total. The third-order valence-corrected chi connectivity index (χ3v) is 3.25. The van der Waals surface area contributed by atoms with E-state index >= 15 is 0 Å². The molecule has 1 aromatic carbocycles. The summed E-state index contributed by atoms with van der Waals surface area (Å²) in [6, 6.07) is 3.43. The Morgan fingerprint density at radius 1 is 1.53 bits per heavy atom. The molecule has 1 saturated carbocycles. The second kappa shape index (κ2) is 5.17. The van der Waals surface area contributed by atoms with Crippen LogP contribution >= 0.6 is 15.9 Å². The highest BCUT2D eigenvalue weighted by molar-refractivity contribution is 9.10. The van der Waals surface area contributed by atoms with Gasteiger partial charge in [0, 0.05) is 10.5 Å². The van der Waals surface area contributed by atoms with Crippen molar-refractivity contribution in [2.45, 2.75) is 38.6 Å². The van der Waals surface area contributed by atoms with Crippen molar-refractivity contribution >= 4 is 21.8 Å². The molecule has 0 atom stereocenters. The van der Waals surface area contributed by atoms with Crippen molar-refractivity contribution in [1.82, 2.24) is 5.32 Å². The summed E-state index contributed by atoms with van der Waals surface area (Å²) < 4.78 is 14.5. The van der Waals surface area contributed by atoms with Gasteiger partial charge in [-0.3, -0.25) is 4.79 Å². The molecule has 0 spiro atoms. The van der Waals surface area contributed by atoms with Gasteiger partial charge in [0.1, 0.15) is 5.82 Å². The van der Waals surface area contributed by atoms with E-state index in [-0.39, 0.29) is 17.5 Å². The van der Waals surface area contributed by atoms with Crippen LogP contribution in [-0.4, -0.2) is 11.9 Å². The Morgan fingerprint density at radius 3 is 2.82 bits per heavy atom. The summed E-state index contributed by atoms with van der Waals surface area (Å²) in [6.45, 7) is 2.02. The van der Waals surface area contributed by atoms with Crippen molar-refractivity contribution in [2.75, 3.05) is 0 Å². The number of carbonyl (C=O) groups excluding carboxylic acids is 1. The first-order chi connectivity index (χ1) is 8.11. The van der Waals surface area contributed by atoms with Crippen LogP contribution in [-0.2, 0) is 6.42 Å². The van der Waals surface area contributed by atoms with Crippen LogP contribution in [0, 0.1) is 5.82 Å². The lowest BCUT2D eigenvalue weighted by Crippen LogP contribution is -2.27. The van der Waals surface area contributed by atoms with Gasteiger partial charge in [0.05, 0.1) is 5.56 Å². The van der Waals surface area contributed by atoms with Gasteiger partial charge in [0.2, 0.25) is 0 Å². The zero-order valence-electron chi connectivity index (χ0n) is 9.72. The molecular weight excluding hydrogens is 285 g/mol. The average Bonchev–Trinajstić information content (AvgIpc) is 3.00. The summed E-state index contributed by atoms with van der Waals surface area (Å²) in [5, 5.41) is 2.84. The lowest BCUT2D eigenvalue weighted by Gasteiger charge is -2.11. The third kappa shape index (κ3) is 3.06. The second-order valence-corrected chi connectivity index (χ2v) is 5.34. The van der Waals surface area contributed by atoms with Crippen LogP contribution in [0.25, 0.3) is 0 Å². The molecule has 0 aliphatic heterocycles. The molecule has 2 rings (SSSR count). The number of rotatable bonds is 4. The Hall–Kier alpha value is -0.900. The van der Waals surface area contributed by atoms with Crippen LogP contribution in [0.4, 0.5) is 4.39 Å². The summed E-state index contributed by atoms with van der Waals surface area (Å²) in [4.78, 5) is 12.0. The quantitative estimate of drug-likeness (QED) is 0.907. The fourth-order valence-corrected chi connectivity index (χ4v) is 2.31. The maximum absolute atomic E-state index is 13.9. The minimum absolute atomic E-state index is 0.210. The van der Waals surface area contributed by atoms with Crippen LogP contribution in [0.1, 0.15) is 42.1 Å². The maximum Gasteiger partial charge on any atom is 0.254 e. The van der Waals surface area contributed by atoms with Gasteiger partial charge in [0.25, 0.3) is 5.91 Å². The number of hydrogen-bond donors (Lipinski definition) is 1. The lowest BCUT2D eigenvalue weighted by atomic mass is 10.0. The summed E-state index contributed by atoms with van der Waals surface area (Å²) in [5.74, 6) is -0.720. The molecule has 1 aliphatic carbocycles. The zero-order valence-corrected chi connectivity index (χ0v) is 11.3. The number of halogens is 2. The number of aryl methyl sites for hydroxylation is 1. The van der Waals surface area contributed by atoms with Gasteiger partial charge in [-0.15, -0.1) is 0 Å². The summed E-state index contributed by atoms with van der Waals surface area (Å²) in [6.07, 6.45) is 3.61. The molecule has 0 unspecified atom stereocenters. The third-order valence-electron chi connectivity index (χ3n) is 2.80. The van der Waals surface area contributed by atoms with Crippen LogP contribution in [0.3, 0.4) is 0 Å². The predicted molar refractivity (Wildman–Crippen MR) is 68.6 cm³/mol. The molecule has 1 aromatic rings. The van der Waals surface area contributed by atoms with E-state index in [0.29, 0.717) is 10.9 Å². The Bertz CT molecular complexity index is 443. The van der Waals surface area contributed by atoms with Crippen LogP contribution in [0.15, 0.2) is 16.6 Å². The highest BCUT2D eigenvalue weighted by Crippen LogP contribution is 2.24. The number of hydrogen-bond acceptors (Lipinski definition) is 1. The largest absolute Gasteiger partial charge is 0.349 e. The molecule has 4 heteroatoms. The monoisotopic (exact) mass is 299 g/mol. The molecule has 1 N–H and O–H groups in total. The van der Waals surface area contributed by atoms with E-state index in [9.17, 15) is 9.18 Å². The first kappa shape index (κ1) is 12.6. The molecule has 0 saturated heterocycles. The van der Waals surface area contributed by atoms with E-state index in [1.165, 1.54) is 6.07 Å². The van der Waals surface area contributed by atoms with Crippen LogP contribution in [0.2, 0.25) is 0 Å². The van der Waals surface area contributed by atoms with Crippen LogP contribution in [0.5, 0.6) is 0 Å². The van der Waals surface area contributed by atoms with E-state index in [1.54, 1.807) is 0 Å². The minimum atomic E-state index is -0.444. The van der Waals surface area contributed by atoms with E-state index in [0.717, 1.165) is 24.8 Å². The standard InChI is InChI=1S/C13H15BrFNO/c1-2-3-8-6-9(14)7-11(15)12(8)13(17)16-10-4-5-10/h6-7,10H,2-5H2,1H3,(H,16,17). The van der Waals surface area contributed by atoms with Gasteiger partial charge < -0.3 is 5.32 Å². The normalized spacial score (nSPS) is 14.8. The molecule has 17 heavy (non-hydrogen) atoms. The molecular formula is C13H15BrFNO. The van der Waals surface area contributed by atoms with Gasteiger partial charge in [-0.2, -0.15) is 0 Å². The number of nitrogens with one attached hydrogen (secondary N) is 1. The number of benzene rings is 1. The van der Waals surface area contributed by atoms with E-state index in [2.05, 4.69) is 21.2 Å². The van der Waals surface area contributed by atoms with Crippen molar-refractivity contribution in [3.63, 3.8) is 0 Å². The zero-order chi connectivity index (χ0) is 12.4. The molecule has 1 amide bonds. The Morgan fingerprint density at radius 2 is 2.24 bits per heavy atom. The summed E-state index contributed by atoms with van der Waals surface area (Å²) in [7, 11) is 0. The van der Waals surface area contributed by atoms with Crippen molar-refractivity contribution in [3.05, 3.63) is 33.5 Å². The van der Waals surface area contributed by atoms with Crippen molar-refractivity contribution in [1.29, 1.82) is 0 Å². The van der Waals surface area contributed by atoms with Gasteiger partial charge in [0.15, 0.2) is 0 Å². The van der Waals surface area contributed by atoms with E-state index < -0.39 is 5.82 Å². The first-order valence-corrected chi connectivity index (χ1v) is 6.70. The molecule has 0 aromatic heterocycles. The van der Waals surface area contributed by atoms with Crippen molar-refractivity contribution in [3.8, 4) is 0 Å². The van der Waals surface area contributed by atoms with E-state index in [4.69, 9.17) is 0 Å².